The van der Waals surface area contributed by atoms with Gasteiger partial charge in [0, 0.05) is 24.4 Å². The number of nitrogens with zero attached hydrogens (tertiary/aromatic N) is 2. The van der Waals surface area contributed by atoms with E-state index in [0.29, 0.717) is 44.9 Å². The van der Waals surface area contributed by atoms with Gasteiger partial charge in [-0.3, -0.25) is 9.79 Å². The van der Waals surface area contributed by atoms with Crippen molar-refractivity contribution in [2.24, 2.45) is 4.99 Å². The van der Waals surface area contributed by atoms with Crippen molar-refractivity contribution in [2.75, 3.05) is 25.4 Å². The van der Waals surface area contributed by atoms with E-state index in [1.807, 2.05) is 0 Å². The molecule has 0 radical (unpaired) electrons. The van der Waals surface area contributed by atoms with Gasteiger partial charge in [-0.05, 0) is 19.1 Å². The SMILES string of the molecule is Cc1onc(-c2c(Cl)cccc2Cl)c1C(=O)NCCSC1=NCCN1.[Br-]. The van der Waals surface area contributed by atoms with E-state index in [4.69, 9.17) is 27.7 Å². The van der Waals surface area contributed by atoms with Crippen LogP contribution in [-0.4, -0.2) is 41.6 Å². The lowest BCUT2D eigenvalue weighted by Gasteiger charge is -2.08. The van der Waals surface area contributed by atoms with Crippen LogP contribution in [-0.2, 0) is 0 Å². The van der Waals surface area contributed by atoms with E-state index < -0.39 is 0 Å². The minimum absolute atomic E-state index is 0. The highest BCUT2D eigenvalue weighted by atomic mass is 79.9. The molecule has 2 N–H and O–H groups in total. The Balaban J connectivity index is 0.00000243. The van der Waals surface area contributed by atoms with Gasteiger partial charge in [-0.15, -0.1) is 0 Å². The van der Waals surface area contributed by atoms with Gasteiger partial charge in [0.05, 0.1) is 16.6 Å². The topological polar surface area (TPSA) is 79.5 Å². The van der Waals surface area contributed by atoms with Crippen LogP contribution in [0.3, 0.4) is 0 Å². The molecule has 0 aliphatic carbocycles. The number of amides is 1. The molecule has 0 atom stereocenters. The molecule has 2 aromatic rings. The third kappa shape index (κ3) is 4.73. The predicted octanol–water partition coefficient (Wildman–Crippen LogP) is 0.383. The second kappa shape index (κ2) is 9.64. The first kappa shape index (κ1) is 21.1. The van der Waals surface area contributed by atoms with Gasteiger partial charge < -0.3 is 32.1 Å². The van der Waals surface area contributed by atoms with Crippen LogP contribution in [0, 0.1) is 6.92 Å². The average Bonchev–Trinajstić information content (AvgIpc) is 3.21. The maximum atomic E-state index is 12.6. The molecule has 1 aliphatic heterocycles. The lowest BCUT2D eigenvalue weighted by atomic mass is 10.1. The van der Waals surface area contributed by atoms with Gasteiger partial charge in [0.15, 0.2) is 5.17 Å². The Hall–Kier alpha value is -1.22. The van der Waals surface area contributed by atoms with Gasteiger partial charge in [0.25, 0.3) is 5.91 Å². The molecule has 3 rings (SSSR count). The number of halogens is 3. The highest BCUT2D eigenvalue weighted by molar-refractivity contribution is 8.13. The van der Waals surface area contributed by atoms with E-state index in [2.05, 4.69) is 20.8 Å². The lowest BCUT2D eigenvalue weighted by molar-refractivity contribution is -0.0000140. The first-order valence-electron chi connectivity index (χ1n) is 7.68. The van der Waals surface area contributed by atoms with Crippen LogP contribution in [0.5, 0.6) is 0 Å². The summed E-state index contributed by atoms with van der Waals surface area (Å²) in [6.07, 6.45) is 0. The Bertz CT molecular complexity index is 808. The van der Waals surface area contributed by atoms with Crippen molar-refractivity contribution < 1.29 is 26.3 Å². The number of hydrogen-bond acceptors (Lipinski definition) is 6. The summed E-state index contributed by atoms with van der Waals surface area (Å²) in [5.41, 5.74) is 1.18. The quantitative estimate of drug-likeness (QED) is 0.607. The summed E-state index contributed by atoms with van der Waals surface area (Å²) in [7, 11) is 0. The number of rotatable bonds is 5. The van der Waals surface area contributed by atoms with Crippen LogP contribution in [0.1, 0.15) is 16.1 Å². The molecular formula is C16H16BrCl2N4O2S-. The number of aryl methyl sites for hydroxylation is 1. The summed E-state index contributed by atoms with van der Waals surface area (Å²) in [5.74, 6) is 0.856. The number of benzene rings is 1. The molecule has 0 unspecified atom stereocenters. The van der Waals surface area contributed by atoms with Gasteiger partial charge in [-0.2, -0.15) is 0 Å². The number of hydrogen-bond donors (Lipinski definition) is 2. The summed E-state index contributed by atoms with van der Waals surface area (Å²) in [6, 6.07) is 5.12. The largest absolute Gasteiger partial charge is 1.00 e. The molecule has 0 fully saturated rings. The molecule has 26 heavy (non-hydrogen) atoms. The zero-order valence-corrected chi connectivity index (χ0v) is 17.7. The zero-order chi connectivity index (χ0) is 17.8. The van der Waals surface area contributed by atoms with Gasteiger partial charge in [0.2, 0.25) is 0 Å². The summed E-state index contributed by atoms with van der Waals surface area (Å²) in [6.45, 7) is 3.85. The van der Waals surface area contributed by atoms with E-state index in [1.165, 1.54) is 0 Å². The molecular weight excluding hydrogens is 463 g/mol. The van der Waals surface area contributed by atoms with Crippen molar-refractivity contribution in [3.63, 3.8) is 0 Å². The summed E-state index contributed by atoms with van der Waals surface area (Å²) in [4.78, 5) is 16.9. The average molecular weight is 479 g/mol. The second-order valence-electron chi connectivity index (χ2n) is 5.28. The van der Waals surface area contributed by atoms with Crippen LogP contribution >= 0.6 is 35.0 Å². The smallest absolute Gasteiger partial charge is 0.257 e. The zero-order valence-electron chi connectivity index (χ0n) is 13.8. The summed E-state index contributed by atoms with van der Waals surface area (Å²) < 4.78 is 5.21. The summed E-state index contributed by atoms with van der Waals surface area (Å²) in [5, 5.41) is 11.8. The molecule has 0 bridgehead atoms. The number of aromatic nitrogens is 1. The Morgan fingerprint density at radius 2 is 2.12 bits per heavy atom. The maximum Gasteiger partial charge on any atom is 0.257 e. The Morgan fingerprint density at radius 1 is 1.38 bits per heavy atom. The Labute approximate surface area is 175 Å². The van der Waals surface area contributed by atoms with E-state index in [0.717, 1.165) is 18.3 Å². The number of carbonyl (C=O) groups is 1. The van der Waals surface area contributed by atoms with Crippen LogP contribution in [0.2, 0.25) is 10.0 Å². The minimum atomic E-state index is -0.272. The van der Waals surface area contributed by atoms with Crippen LogP contribution < -0.4 is 27.6 Å². The van der Waals surface area contributed by atoms with E-state index >= 15 is 0 Å². The van der Waals surface area contributed by atoms with Crippen LogP contribution in [0.4, 0.5) is 0 Å². The Kier molecular flexibility index (Phi) is 7.82. The molecule has 1 aromatic carbocycles. The fourth-order valence-corrected chi connectivity index (χ4v) is 3.77. The molecule has 1 amide bonds. The standard InChI is InChI=1S/C16H16Cl2N4O2S.BrH/c1-9-12(15(23)19-7-8-25-16-20-5-6-21-16)14(22-24-9)13-10(17)3-2-4-11(13)18;/h2-4H,5-8H2,1H3,(H,19,23)(H,20,21);1H/p-1. The summed E-state index contributed by atoms with van der Waals surface area (Å²) >= 11 is 14.0. The van der Waals surface area contributed by atoms with Crippen molar-refractivity contribution in [1.82, 2.24) is 15.8 Å². The van der Waals surface area contributed by atoms with Crippen LogP contribution in [0.15, 0.2) is 27.7 Å². The maximum absolute atomic E-state index is 12.6. The second-order valence-corrected chi connectivity index (χ2v) is 7.18. The van der Waals surface area contributed by atoms with E-state index in [9.17, 15) is 4.79 Å². The third-order valence-corrected chi connectivity index (χ3v) is 5.14. The molecule has 2 heterocycles. The van der Waals surface area contributed by atoms with Crippen molar-refractivity contribution in [1.29, 1.82) is 0 Å². The highest BCUT2D eigenvalue weighted by Crippen LogP contribution is 2.36. The van der Waals surface area contributed by atoms with E-state index in [1.54, 1.807) is 36.9 Å². The molecule has 1 aliphatic rings. The minimum Gasteiger partial charge on any atom is -1.00 e. The predicted molar refractivity (Wildman–Crippen MR) is 102 cm³/mol. The van der Waals surface area contributed by atoms with Gasteiger partial charge in [0.1, 0.15) is 17.0 Å². The fourth-order valence-electron chi connectivity index (χ4n) is 2.41. The van der Waals surface area contributed by atoms with Gasteiger partial charge >= 0.3 is 0 Å². The fraction of sp³-hybridized carbons (Fsp3) is 0.312. The monoisotopic (exact) mass is 477 g/mol. The van der Waals surface area contributed by atoms with Crippen LogP contribution in [0.25, 0.3) is 11.3 Å². The molecule has 0 spiro atoms. The van der Waals surface area contributed by atoms with E-state index in [-0.39, 0.29) is 22.9 Å². The third-order valence-electron chi connectivity index (χ3n) is 3.56. The molecule has 6 nitrogen and oxygen atoms in total. The number of nitrogens with one attached hydrogen (secondary N) is 2. The normalized spacial score (nSPS) is 13.0. The first-order chi connectivity index (χ1) is 12.1. The lowest BCUT2D eigenvalue weighted by Crippen LogP contribution is -3.00. The van der Waals surface area contributed by atoms with Crippen molar-refractivity contribution in [3.8, 4) is 11.3 Å². The molecule has 10 heteroatoms. The van der Waals surface area contributed by atoms with Crippen molar-refractivity contribution >= 4 is 46.0 Å². The van der Waals surface area contributed by atoms with Crippen molar-refractivity contribution in [3.05, 3.63) is 39.6 Å². The van der Waals surface area contributed by atoms with Crippen molar-refractivity contribution in [2.45, 2.75) is 6.92 Å². The first-order valence-corrected chi connectivity index (χ1v) is 9.42. The Morgan fingerprint density at radius 3 is 2.77 bits per heavy atom. The number of carbonyl (C=O) groups excluding carboxylic acids is 1. The molecule has 1 aromatic heterocycles. The number of aliphatic imine (C=N–C) groups is 1. The molecule has 140 valence electrons. The number of amidine groups is 1. The number of thioether (sulfide) groups is 1. The van der Waals surface area contributed by atoms with Gasteiger partial charge in [-0.1, -0.05) is 46.2 Å². The van der Waals surface area contributed by atoms with Gasteiger partial charge in [-0.25, -0.2) is 0 Å². The highest BCUT2D eigenvalue weighted by Gasteiger charge is 2.24. The molecule has 0 saturated heterocycles. The molecule has 0 saturated carbocycles.